The minimum Gasteiger partial charge on any atom is -0.319 e. The minimum absolute atomic E-state index is 0.106. The fourth-order valence-electron chi connectivity index (χ4n) is 4.34. The zero-order chi connectivity index (χ0) is 20.2. The van der Waals surface area contributed by atoms with Crippen LogP contribution in [0.25, 0.3) is 11.0 Å². The number of para-hydroxylation sites is 2. The summed E-state index contributed by atoms with van der Waals surface area (Å²) in [5.74, 6) is -0.255. The number of hydrogen-bond donors (Lipinski definition) is 1. The standard InChI is InChI=1S/C23H22N4O2/c1-14-20(25-19-9-4-3-8-18(19)24-14)13-27-21(28)23(2,26-22(27)29)17-11-10-15-6-5-7-16(15)12-17/h3-4,8-12H,5-7,13H2,1-2H3,(H,26,29). The number of nitrogens with one attached hydrogen (secondary N) is 1. The van der Waals surface area contributed by atoms with Crippen molar-refractivity contribution < 1.29 is 9.59 Å². The molecule has 1 unspecified atom stereocenters. The highest BCUT2D eigenvalue weighted by Crippen LogP contribution is 2.33. The number of carbonyl (C=O) groups is 2. The molecule has 5 rings (SSSR count). The number of amides is 3. The molecule has 146 valence electrons. The molecule has 0 saturated carbocycles. The maximum Gasteiger partial charge on any atom is 0.325 e. The number of benzene rings is 2. The maximum absolute atomic E-state index is 13.3. The van der Waals surface area contributed by atoms with Crippen LogP contribution in [-0.4, -0.2) is 26.8 Å². The molecule has 1 fully saturated rings. The van der Waals surface area contributed by atoms with Crippen molar-refractivity contribution in [3.8, 4) is 0 Å². The summed E-state index contributed by atoms with van der Waals surface area (Å²) in [6, 6.07) is 13.3. The lowest BCUT2D eigenvalue weighted by atomic mass is 9.89. The Bertz CT molecular complexity index is 1170. The summed E-state index contributed by atoms with van der Waals surface area (Å²) in [6.45, 7) is 3.74. The first-order chi connectivity index (χ1) is 14.0. The lowest BCUT2D eigenvalue weighted by Gasteiger charge is -2.23. The van der Waals surface area contributed by atoms with Gasteiger partial charge in [-0.25, -0.2) is 14.8 Å². The molecular weight excluding hydrogens is 364 g/mol. The van der Waals surface area contributed by atoms with E-state index in [0.717, 1.165) is 41.6 Å². The van der Waals surface area contributed by atoms with Gasteiger partial charge in [0.25, 0.3) is 5.91 Å². The van der Waals surface area contributed by atoms with Crippen molar-refractivity contribution in [1.29, 1.82) is 0 Å². The Hall–Kier alpha value is -3.28. The van der Waals surface area contributed by atoms with E-state index < -0.39 is 11.6 Å². The number of rotatable bonds is 3. The van der Waals surface area contributed by atoms with Gasteiger partial charge in [0, 0.05) is 0 Å². The topological polar surface area (TPSA) is 75.2 Å². The molecule has 3 amide bonds. The minimum atomic E-state index is -1.06. The molecular formula is C23H22N4O2. The fraction of sp³-hybridized carbons (Fsp3) is 0.304. The normalized spacial score (nSPS) is 21.0. The van der Waals surface area contributed by atoms with Gasteiger partial charge in [-0.2, -0.15) is 0 Å². The Morgan fingerprint density at radius 3 is 2.55 bits per heavy atom. The Balaban J connectivity index is 1.47. The molecule has 2 heterocycles. The summed E-state index contributed by atoms with van der Waals surface area (Å²) in [4.78, 5) is 36.5. The third-order valence-corrected chi connectivity index (χ3v) is 6.10. The predicted molar refractivity (Wildman–Crippen MR) is 109 cm³/mol. The Kier molecular flexibility index (Phi) is 3.91. The van der Waals surface area contributed by atoms with Crippen molar-refractivity contribution in [1.82, 2.24) is 20.2 Å². The van der Waals surface area contributed by atoms with Gasteiger partial charge >= 0.3 is 6.03 Å². The largest absolute Gasteiger partial charge is 0.325 e. The van der Waals surface area contributed by atoms with Crippen LogP contribution in [0, 0.1) is 6.92 Å². The quantitative estimate of drug-likeness (QED) is 0.700. The van der Waals surface area contributed by atoms with E-state index >= 15 is 0 Å². The first-order valence-electron chi connectivity index (χ1n) is 9.94. The number of nitrogens with zero attached hydrogens (tertiary/aromatic N) is 3. The number of fused-ring (bicyclic) bond motifs is 2. The summed E-state index contributed by atoms with van der Waals surface area (Å²) in [5.41, 5.74) is 5.29. The summed E-state index contributed by atoms with van der Waals surface area (Å²) >= 11 is 0. The van der Waals surface area contributed by atoms with E-state index in [1.54, 1.807) is 6.92 Å². The van der Waals surface area contributed by atoms with Crippen molar-refractivity contribution in [2.24, 2.45) is 0 Å². The van der Waals surface area contributed by atoms with E-state index in [0.29, 0.717) is 5.69 Å². The van der Waals surface area contributed by atoms with Crippen LogP contribution in [0.2, 0.25) is 0 Å². The fourth-order valence-corrected chi connectivity index (χ4v) is 4.34. The van der Waals surface area contributed by atoms with Gasteiger partial charge in [-0.1, -0.05) is 30.3 Å². The molecule has 0 bridgehead atoms. The smallest absolute Gasteiger partial charge is 0.319 e. The summed E-state index contributed by atoms with van der Waals surface area (Å²) in [7, 11) is 0. The number of aromatic nitrogens is 2. The van der Waals surface area contributed by atoms with E-state index in [1.807, 2.05) is 37.3 Å². The predicted octanol–water partition coefficient (Wildman–Crippen LogP) is 3.39. The van der Waals surface area contributed by atoms with Gasteiger partial charge in [-0.15, -0.1) is 0 Å². The van der Waals surface area contributed by atoms with E-state index in [-0.39, 0.29) is 12.5 Å². The molecule has 1 aliphatic heterocycles. The summed E-state index contributed by atoms with van der Waals surface area (Å²) in [5, 5.41) is 2.90. The average Bonchev–Trinajstić information content (AvgIpc) is 3.26. The molecule has 0 radical (unpaired) electrons. The van der Waals surface area contributed by atoms with Crippen molar-refractivity contribution >= 4 is 23.0 Å². The van der Waals surface area contributed by atoms with Crippen molar-refractivity contribution in [2.45, 2.75) is 45.2 Å². The average molecular weight is 386 g/mol. The Labute approximate surface area is 169 Å². The molecule has 1 N–H and O–H groups in total. The molecule has 1 saturated heterocycles. The third kappa shape index (κ3) is 2.78. The van der Waals surface area contributed by atoms with Crippen molar-refractivity contribution in [3.05, 3.63) is 70.5 Å². The van der Waals surface area contributed by atoms with Gasteiger partial charge in [-0.3, -0.25) is 9.69 Å². The van der Waals surface area contributed by atoms with E-state index in [9.17, 15) is 9.59 Å². The van der Waals surface area contributed by atoms with Crippen LogP contribution in [0.4, 0.5) is 4.79 Å². The summed E-state index contributed by atoms with van der Waals surface area (Å²) in [6.07, 6.45) is 3.25. The van der Waals surface area contributed by atoms with E-state index in [1.165, 1.54) is 16.0 Å². The molecule has 6 heteroatoms. The first kappa shape index (κ1) is 17.8. The van der Waals surface area contributed by atoms with Crippen LogP contribution in [0.5, 0.6) is 0 Å². The van der Waals surface area contributed by atoms with Gasteiger partial charge in [0.15, 0.2) is 0 Å². The van der Waals surface area contributed by atoms with Gasteiger partial charge in [0.05, 0.1) is 29.0 Å². The first-order valence-corrected chi connectivity index (χ1v) is 9.94. The number of carbonyl (C=O) groups excluding carboxylic acids is 2. The molecule has 3 aromatic rings. The lowest BCUT2D eigenvalue weighted by Crippen LogP contribution is -2.41. The highest BCUT2D eigenvalue weighted by Gasteiger charge is 2.49. The zero-order valence-electron chi connectivity index (χ0n) is 16.5. The van der Waals surface area contributed by atoms with Gasteiger partial charge in [0.1, 0.15) is 5.54 Å². The SMILES string of the molecule is Cc1nc2ccccc2nc1CN1C(=O)NC(C)(c2ccc3c(c2)CCC3)C1=O. The van der Waals surface area contributed by atoms with Crippen LogP contribution in [0.3, 0.4) is 0 Å². The number of hydrogen-bond acceptors (Lipinski definition) is 4. The van der Waals surface area contributed by atoms with E-state index in [2.05, 4.69) is 27.4 Å². The lowest BCUT2D eigenvalue weighted by molar-refractivity contribution is -0.131. The third-order valence-electron chi connectivity index (χ3n) is 6.10. The molecule has 2 aromatic carbocycles. The van der Waals surface area contributed by atoms with Gasteiger partial charge < -0.3 is 5.32 Å². The van der Waals surface area contributed by atoms with Crippen LogP contribution >= 0.6 is 0 Å². The Morgan fingerprint density at radius 2 is 1.76 bits per heavy atom. The van der Waals surface area contributed by atoms with Crippen LogP contribution in [-0.2, 0) is 29.7 Å². The molecule has 6 nitrogen and oxygen atoms in total. The molecule has 1 atom stereocenters. The van der Waals surface area contributed by atoms with Gasteiger partial charge in [-0.05, 0) is 61.9 Å². The molecule has 2 aliphatic rings. The highest BCUT2D eigenvalue weighted by molar-refractivity contribution is 6.07. The summed E-state index contributed by atoms with van der Waals surface area (Å²) < 4.78 is 0. The van der Waals surface area contributed by atoms with Crippen LogP contribution in [0.15, 0.2) is 42.5 Å². The van der Waals surface area contributed by atoms with Crippen molar-refractivity contribution in [2.75, 3.05) is 0 Å². The van der Waals surface area contributed by atoms with E-state index in [4.69, 9.17) is 0 Å². The number of imide groups is 1. The van der Waals surface area contributed by atoms with Crippen molar-refractivity contribution in [3.63, 3.8) is 0 Å². The molecule has 1 aliphatic carbocycles. The molecule has 29 heavy (non-hydrogen) atoms. The zero-order valence-corrected chi connectivity index (χ0v) is 16.5. The number of urea groups is 1. The maximum atomic E-state index is 13.3. The molecule has 1 aromatic heterocycles. The molecule has 0 spiro atoms. The monoisotopic (exact) mass is 386 g/mol. The second-order valence-corrected chi connectivity index (χ2v) is 8.03. The van der Waals surface area contributed by atoms with Crippen LogP contribution in [0.1, 0.15) is 41.4 Å². The van der Waals surface area contributed by atoms with Gasteiger partial charge in [0.2, 0.25) is 0 Å². The second-order valence-electron chi connectivity index (χ2n) is 8.03. The Morgan fingerprint density at radius 1 is 1.03 bits per heavy atom. The second kappa shape index (κ2) is 6.37. The van der Waals surface area contributed by atoms with Crippen LogP contribution < -0.4 is 5.32 Å². The number of aryl methyl sites for hydroxylation is 3. The highest BCUT2D eigenvalue weighted by atomic mass is 16.2.